The summed E-state index contributed by atoms with van der Waals surface area (Å²) in [5.74, 6) is 0. The highest BCUT2D eigenvalue weighted by Gasteiger charge is 1.70. The van der Waals surface area contributed by atoms with Crippen LogP contribution in [0.4, 0.5) is 0 Å². The molecule has 0 aliphatic rings. The zero-order valence-corrected chi connectivity index (χ0v) is 4.90. The molecule has 0 aliphatic carbocycles. The monoisotopic (exact) mass is 117 g/mol. The first-order valence-corrected chi connectivity index (χ1v) is 2.27. The summed E-state index contributed by atoms with van der Waals surface area (Å²) in [7, 11) is 0. The third-order valence-electron chi connectivity index (χ3n) is 0.360. The molecule has 3 heteroatoms. The SMILES string of the molecule is CC(S)=CNC=O. The lowest BCUT2D eigenvalue weighted by Crippen LogP contribution is -1.98. The minimum absolute atomic E-state index is 0.597. The van der Waals surface area contributed by atoms with Crippen molar-refractivity contribution < 1.29 is 4.79 Å². The molecule has 0 unspecified atom stereocenters. The van der Waals surface area contributed by atoms with Gasteiger partial charge in [0, 0.05) is 6.20 Å². The number of carbonyl (C=O) groups excluding carboxylic acids is 1. The highest BCUT2D eigenvalue weighted by Crippen LogP contribution is 1.91. The molecule has 2 nitrogen and oxygen atoms in total. The van der Waals surface area contributed by atoms with Crippen LogP contribution in [0.1, 0.15) is 6.92 Å². The molecule has 0 heterocycles. The molecule has 0 spiro atoms. The first kappa shape index (κ1) is 6.56. The highest BCUT2D eigenvalue weighted by molar-refractivity contribution is 7.84. The summed E-state index contributed by atoms with van der Waals surface area (Å²) < 4.78 is 0. The summed E-state index contributed by atoms with van der Waals surface area (Å²) in [5.41, 5.74) is 0. The standard InChI is InChI=1S/C4H7NOS/c1-4(7)2-5-3-6/h2-3,7H,1H3,(H,5,6). The van der Waals surface area contributed by atoms with Gasteiger partial charge >= 0.3 is 0 Å². The second-order valence-corrected chi connectivity index (χ2v) is 1.78. The fourth-order valence-corrected chi connectivity index (χ4v) is 0.229. The van der Waals surface area contributed by atoms with Crippen molar-refractivity contribution in [2.75, 3.05) is 0 Å². The molecule has 1 amide bonds. The van der Waals surface area contributed by atoms with Gasteiger partial charge in [0.25, 0.3) is 0 Å². The normalized spacial score (nSPS) is 10.9. The summed E-state index contributed by atoms with van der Waals surface area (Å²) in [6.07, 6.45) is 2.11. The quantitative estimate of drug-likeness (QED) is 0.401. The Labute approximate surface area is 48.0 Å². The van der Waals surface area contributed by atoms with E-state index in [4.69, 9.17) is 0 Å². The van der Waals surface area contributed by atoms with E-state index in [-0.39, 0.29) is 0 Å². The molecule has 0 aromatic carbocycles. The molecular formula is C4H7NOS. The first-order valence-electron chi connectivity index (χ1n) is 1.83. The average molecular weight is 117 g/mol. The van der Waals surface area contributed by atoms with E-state index in [0.29, 0.717) is 6.41 Å². The lowest BCUT2D eigenvalue weighted by atomic mass is 10.7. The Balaban J connectivity index is 3.25. The fraction of sp³-hybridized carbons (Fsp3) is 0.250. The van der Waals surface area contributed by atoms with Gasteiger partial charge in [0.1, 0.15) is 0 Å². The lowest BCUT2D eigenvalue weighted by molar-refractivity contribution is -0.108. The molecule has 7 heavy (non-hydrogen) atoms. The van der Waals surface area contributed by atoms with Crippen LogP contribution in [0.2, 0.25) is 0 Å². The molecule has 0 aliphatic heterocycles. The Bertz CT molecular complexity index is 85.7. The van der Waals surface area contributed by atoms with Crippen LogP contribution in [0.3, 0.4) is 0 Å². The van der Waals surface area contributed by atoms with Crippen molar-refractivity contribution in [3.8, 4) is 0 Å². The Morgan fingerprint density at radius 3 is 2.57 bits per heavy atom. The van der Waals surface area contributed by atoms with Gasteiger partial charge in [-0.1, -0.05) is 0 Å². The number of thiol groups is 1. The third kappa shape index (κ3) is 5.56. The summed E-state index contributed by atoms with van der Waals surface area (Å²) in [4.78, 5) is 10.3. The topological polar surface area (TPSA) is 29.1 Å². The van der Waals surface area contributed by atoms with Crippen molar-refractivity contribution in [2.45, 2.75) is 6.92 Å². The molecular weight excluding hydrogens is 110 g/mol. The molecule has 40 valence electrons. The van der Waals surface area contributed by atoms with Crippen LogP contribution in [-0.4, -0.2) is 6.41 Å². The molecule has 0 saturated carbocycles. The summed E-state index contributed by atoms with van der Waals surface area (Å²) in [6.45, 7) is 1.78. The molecule has 1 N–H and O–H groups in total. The molecule has 0 fully saturated rings. The van der Waals surface area contributed by atoms with Crippen molar-refractivity contribution in [3.05, 3.63) is 11.1 Å². The van der Waals surface area contributed by atoms with Crippen molar-refractivity contribution >= 4 is 19.0 Å². The molecule has 0 bridgehead atoms. The second kappa shape index (κ2) is 3.74. The van der Waals surface area contributed by atoms with Gasteiger partial charge in [-0.25, -0.2) is 0 Å². The van der Waals surface area contributed by atoms with Crippen molar-refractivity contribution in [1.82, 2.24) is 5.32 Å². The van der Waals surface area contributed by atoms with Crippen molar-refractivity contribution in [1.29, 1.82) is 0 Å². The van der Waals surface area contributed by atoms with E-state index in [9.17, 15) is 4.79 Å². The predicted octanol–water partition coefficient (Wildman–Crippen LogP) is 0.524. The van der Waals surface area contributed by atoms with Gasteiger partial charge in [0.15, 0.2) is 0 Å². The van der Waals surface area contributed by atoms with Gasteiger partial charge in [-0.15, -0.1) is 12.6 Å². The Hall–Kier alpha value is -0.440. The van der Waals surface area contributed by atoms with Crippen LogP contribution in [-0.2, 0) is 4.79 Å². The van der Waals surface area contributed by atoms with E-state index in [0.717, 1.165) is 4.91 Å². The lowest BCUT2D eigenvalue weighted by Gasteiger charge is -1.83. The Morgan fingerprint density at radius 1 is 1.86 bits per heavy atom. The van der Waals surface area contributed by atoms with Gasteiger partial charge in [0.2, 0.25) is 6.41 Å². The van der Waals surface area contributed by atoms with Crippen molar-refractivity contribution in [2.24, 2.45) is 0 Å². The van der Waals surface area contributed by atoms with E-state index in [1.165, 1.54) is 6.20 Å². The number of allylic oxidation sites excluding steroid dienone is 1. The number of amides is 1. The van der Waals surface area contributed by atoms with Crippen LogP contribution >= 0.6 is 12.6 Å². The molecule has 0 aromatic rings. The number of nitrogens with one attached hydrogen (secondary N) is 1. The third-order valence-corrected chi connectivity index (χ3v) is 0.489. The minimum atomic E-state index is 0.597. The predicted molar refractivity (Wildman–Crippen MR) is 31.9 cm³/mol. The number of carbonyl (C=O) groups is 1. The maximum absolute atomic E-state index is 9.52. The Kier molecular flexibility index (Phi) is 3.50. The smallest absolute Gasteiger partial charge is 0.211 e. The summed E-state index contributed by atoms with van der Waals surface area (Å²) in [6, 6.07) is 0. The van der Waals surface area contributed by atoms with E-state index in [2.05, 4.69) is 17.9 Å². The molecule has 0 atom stereocenters. The molecule has 0 aromatic heterocycles. The van der Waals surface area contributed by atoms with Gasteiger partial charge < -0.3 is 5.32 Å². The molecule has 0 rings (SSSR count). The molecule has 0 radical (unpaired) electrons. The first-order chi connectivity index (χ1) is 3.27. The van der Waals surface area contributed by atoms with Crippen LogP contribution in [0.15, 0.2) is 11.1 Å². The maximum Gasteiger partial charge on any atom is 0.211 e. The largest absolute Gasteiger partial charge is 0.334 e. The maximum atomic E-state index is 9.52. The summed E-state index contributed by atoms with van der Waals surface area (Å²) >= 11 is 3.87. The van der Waals surface area contributed by atoms with Crippen molar-refractivity contribution in [3.63, 3.8) is 0 Å². The van der Waals surface area contributed by atoms with Gasteiger partial charge in [-0.05, 0) is 11.8 Å². The van der Waals surface area contributed by atoms with E-state index in [1.807, 2.05) is 0 Å². The van der Waals surface area contributed by atoms with Gasteiger partial charge in [-0.2, -0.15) is 0 Å². The number of hydrogen-bond donors (Lipinski definition) is 2. The average Bonchev–Trinajstić information content (AvgIpc) is 1.61. The van der Waals surface area contributed by atoms with Gasteiger partial charge in [-0.3, -0.25) is 4.79 Å². The van der Waals surface area contributed by atoms with Crippen LogP contribution in [0.5, 0.6) is 0 Å². The van der Waals surface area contributed by atoms with Crippen LogP contribution in [0, 0.1) is 0 Å². The zero-order valence-electron chi connectivity index (χ0n) is 4.01. The van der Waals surface area contributed by atoms with Crippen LogP contribution < -0.4 is 5.32 Å². The van der Waals surface area contributed by atoms with E-state index in [1.54, 1.807) is 6.92 Å². The Morgan fingerprint density at radius 2 is 2.43 bits per heavy atom. The molecule has 0 saturated heterocycles. The van der Waals surface area contributed by atoms with Crippen LogP contribution in [0.25, 0.3) is 0 Å². The van der Waals surface area contributed by atoms with E-state index >= 15 is 0 Å². The highest BCUT2D eigenvalue weighted by atomic mass is 32.1. The number of rotatable bonds is 2. The fourth-order valence-electron chi connectivity index (χ4n) is 0.155. The zero-order chi connectivity index (χ0) is 5.70. The number of hydrogen-bond acceptors (Lipinski definition) is 2. The summed E-state index contributed by atoms with van der Waals surface area (Å²) in [5, 5.41) is 2.33. The minimum Gasteiger partial charge on any atom is -0.334 e. The van der Waals surface area contributed by atoms with E-state index < -0.39 is 0 Å². The van der Waals surface area contributed by atoms with Gasteiger partial charge in [0.05, 0.1) is 0 Å². The second-order valence-electron chi connectivity index (χ2n) is 1.07.